The first-order chi connectivity index (χ1) is 12.7. The highest BCUT2D eigenvalue weighted by Crippen LogP contribution is 2.40. The van der Waals surface area contributed by atoms with Gasteiger partial charge in [0.2, 0.25) is 11.9 Å². The molecule has 6 heteroatoms. The van der Waals surface area contributed by atoms with E-state index in [4.69, 9.17) is 0 Å². The first kappa shape index (κ1) is 17.7. The molecule has 1 amide bonds. The number of aromatic nitrogens is 2. The van der Waals surface area contributed by atoms with Gasteiger partial charge in [0.05, 0.1) is 0 Å². The maximum atomic E-state index is 12.3. The third-order valence-electron chi connectivity index (χ3n) is 6.11. The molecule has 1 saturated carbocycles. The lowest BCUT2D eigenvalue weighted by Gasteiger charge is -2.48. The van der Waals surface area contributed by atoms with Gasteiger partial charge in [-0.05, 0) is 51.5 Å². The van der Waals surface area contributed by atoms with Gasteiger partial charge in [-0.3, -0.25) is 9.69 Å². The van der Waals surface area contributed by atoms with Gasteiger partial charge in [-0.25, -0.2) is 9.97 Å². The predicted octanol–water partition coefficient (Wildman–Crippen LogP) is 2.52. The van der Waals surface area contributed by atoms with Crippen molar-refractivity contribution in [3.05, 3.63) is 18.0 Å². The highest BCUT2D eigenvalue weighted by molar-refractivity contribution is 5.77. The van der Waals surface area contributed by atoms with Crippen LogP contribution in [0.4, 0.5) is 5.95 Å². The summed E-state index contributed by atoms with van der Waals surface area (Å²) in [5.74, 6) is 1.86. The molecular weight excluding hydrogens is 326 g/mol. The molecule has 2 saturated heterocycles. The number of anilines is 1. The van der Waals surface area contributed by atoms with Crippen molar-refractivity contribution in [2.75, 3.05) is 38.0 Å². The molecule has 6 nitrogen and oxygen atoms in total. The average Bonchev–Trinajstić information content (AvgIpc) is 3.45. The lowest BCUT2D eigenvalue weighted by Crippen LogP contribution is -2.54. The fourth-order valence-electron chi connectivity index (χ4n) is 4.60. The molecule has 4 rings (SSSR count). The topological polar surface area (TPSA) is 61.4 Å². The Bertz CT molecular complexity index is 630. The monoisotopic (exact) mass is 357 g/mol. The summed E-state index contributed by atoms with van der Waals surface area (Å²) in [6.07, 6.45) is 10.8. The number of carbonyl (C=O) groups excluding carboxylic acids is 1. The van der Waals surface area contributed by atoms with Gasteiger partial charge in [0.25, 0.3) is 0 Å². The summed E-state index contributed by atoms with van der Waals surface area (Å²) < 4.78 is 0. The lowest BCUT2D eigenvalue weighted by molar-refractivity contribution is -0.139. The second-order valence-electron chi connectivity index (χ2n) is 8.48. The molecular formula is C20H31N5O. The van der Waals surface area contributed by atoms with Crippen LogP contribution >= 0.6 is 0 Å². The van der Waals surface area contributed by atoms with Crippen LogP contribution in [0.15, 0.2) is 12.4 Å². The smallest absolute Gasteiger partial charge is 0.222 e. The molecule has 3 aliphatic rings. The van der Waals surface area contributed by atoms with Crippen molar-refractivity contribution in [2.45, 2.75) is 52.0 Å². The highest BCUT2D eigenvalue weighted by atomic mass is 16.2. The average molecular weight is 358 g/mol. The number of likely N-dealkylation sites (tertiary alicyclic amines) is 2. The molecule has 1 aromatic rings. The van der Waals surface area contributed by atoms with E-state index in [1.807, 2.05) is 19.3 Å². The Labute approximate surface area is 156 Å². The van der Waals surface area contributed by atoms with E-state index in [1.54, 1.807) is 0 Å². The number of amides is 1. The molecule has 1 atom stereocenters. The molecule has 1 spiro atoms. The number of carbonyl (C=O) groups is 1. The Kier molecular flexibility index (Phi) is 5.11. The number of rotatable bonds is 6. The number of hydrogen-bond donors (Lipinski definition) is 1. The third-order valence-corrected chi connectivity index (χ3v) is 6.11. The fraction of sp³-hybridized carbons (Fsp3) is 0.750. The summed E-state index contributed by atoms with van der Waals surface area (Å²) in [4.78, 5) is 25.8. The first-order valence-electron chi connectivity index (χ1n) is 10.2. The Morgan fingerprint density at radius 1 is 1.23 bits per heavy atom. The van der Waals surface area contributed by atoms with E-state index in [-0.39, 0.29) is 0 Å². The van der Waals surface area contributed by atoms with E-state index in [9.17, 15) is 4.79 Å². The Morgan fingerprint density at radius 3 is 2.77 bits per heavy atom. The van der Waals surface area contributed by atoms with E-state index in [1.165, 1.54) is 31.2 Å². The van der Waals surface area contributed by atoms with Crippen molar-refractivity contribution in [2.24, 2.45) is 11.3 Å². The van der Waals surface area contributed by atoms with Crippen LogP contribution in [-0.4, -0.2) is 58.4 Å². The lowest BCUT2D eigenvalue weighted by atomic mass is 9.73. The summed E-state index contributed by atoms with van der Waals surface area (Å²) in [6, 6.07) is 0. The van der Waals surface area contributed by atoms with E-state index in [2.05, 4.69) is 25.1 Å². The first-order valence-corrected chi connectivity index (χ1v) is 10.2. The van der Waals surface area contributed by atoms with Gasteiger partial charge in [0.1, 0.15) is 0 Å². The van der Waals surface area contributed by atoms with Gasteiger partial charge < -0.3 is 10.2 Å². The minimum absolute atomic E-state index is 0.297. The van der Waals surface area contributed by atoms with Gasteiger partial charge in [0.15, 0.2) is 0 Å². The molecule has 142 valence electrons. The number of nitrogens with zero attached hydrogens (tertiary/aromatic N) is 4. The van der Waals surface area contributed by atoms with Gasteiger partial charge >= 0.3 is 0 Å². The quantitative estimate of drug-likeness (QED) is 0.848. The maximum Gasteiger partial charge on any atom is 0.222 e. The molecule has 1 N–H and O–H groups in total. The Morgan fingerprint density at radius 2 is 2.04 bits per heavy atom. The summed E-state index contributed by atoms with van der Waals surface area (Å²) >= 11 is 0. The Hall–Kier alpha value is -1.69. The number of piperidine rings is 2. The third kappa shape index (κ3) is 4.17. The van der Waals surface area contributed by atoms with Crippen molar-refractivity contribution in [1.29, 1.82) is 0 Å². The number of nitrogens with one attached hydrogen (secondary N) is 1. The molecule has 1 aliphatic carbocycles. The number of hydrogen-bond acceptors (Lipinski definition) is 5. The summed E-state index contributed by atoms with van der Waals surface area (Å²) in [5, 5.41) is 3.14. The van der Waals surface area contributed by atoms with Crippen LogP contribution in [0.1, 0.15) is 51.0 Å². The minimum Gasteiger partial charge on any atom is -0.355 e. The van der Waals surface area contributed by atoms with Crippen LogP contribution in [0.25, 0.3) is 0 Å². The van der Waals surface area contributed by atoms with Crippen molar-refractivity contribution in [3.63, 3.8) is 0 Å². The van der Waals surface area contributed by atoms with Gasteiger partial charge in [-0.15, -0.1) is 0 Å². The molecule has 3 heterocycles. The van der Waals surface area contributed by atoms with E-state index < -0.39 is 0 Å². The second kappa shape index (κ2) is 7.51. The van der Waals surface area contributed by atoms with Gasteiger partial charge in [-0.2, -0.15) is 0 Å². The minimum atomic E-state index is 0.297. The fourth-order valence-corrected chi connectivity index (χ4v) is 4.60. The SMILES string of the molecule is CCNc1ncc(CN2CCCC3(CCC(=O)N(CC4CC4)C3)C2)cn1. The standard InChI is InChI=1S/C20H31N5O/c1-2-21-19-22-10-17(11-23-19)12-24-9-3-7-20(14-24)8-6-18(26)25(15-20)13-16-4-5-16/h10-11,16H,2-9,12-15H2,1H3,(H,21,22,23). The summed E-state index contributed by atoms with van der Waals surface area (Å²) in [5.41, 5.74) is 1.47. The molecule has 1 aromatic heterocycles. The van der Waals surface area contributed by atoms with Gasteiger partial charge in [0, 0.05) is 62.5 Å². The van der Waals surface area contributed by atoms with E-state index >= 15 is 0 Å². The van der Waals surface area contributed by atoms with Crippen LogP contribution in [0, 0.1) is 11.3 Å². The molecule has 0 aromatic carbocycles. The van der Waals surface area contributed by atoms with Crippen molar-refractivity contribution < 1.29 is 4.79 Å². The molecule has 0 bridgehead atoms. The zero-order valence-corrected chi connectivity index (χ0v) is 15.9. The molecule has 26 heavy (non-hydrogen) atoms. The van der Waals surface area contributed by atoms with Crippen molar-refractivity contribution in [1.82, 2.24) is 19.8 Å². The zero-order valence-electron chi connectivity index (χ0n) is 15.9. The summed E-state index contributed by atoms with van der Waals surface area (Å²) in [6.45, 7) is 7.99. The maximum absolute atomic E-state index is 12.3. The van der Waals surface area contributed by atoms with E-state index in [0.29, 0.717) is 17.3 Å². The normalized spacial score (nSPS) is 27.1. The second-order valence-corrected chi connectivity index (χ2v) is 8.48. The van der Waals surface area contributed by atoms with Crippen LogP contribution in [0.5, 0.6) is 0 Å². The summed E-state index contributed by atoms with van der Waals surface area (Å²) in [7, 11) is 0. The molecule has 2 aliphatic heterocycles. The van der Waals surface area contributed by atoms with Crippen LogP contribution in [0.3, 0.4) is 0 Å². The Balaban J connectivity index is 1.37. The van der Waals surface area contributed by atoms with Crippen LogP contribution in [0.2, 0.25) is 0 Å². The predicted molar refractivity (Wildman–Crippen MR) is 102 cm³/mol. The van der Waals surface area contributed by atoms with Crippen LogP contribution in [-0.2, 0) is 11.3 Å². The molecule has 0 radical (unpaired) electrons. The molecule has 3 fully saturated rings. The largest absolute Gasteiger partial charge is 0.355 e. The van der Waals surface area contributed by atoms with Crippen molar-refractivity contribution >= 4 is 11.9 Å². The highest BCUT2D eigenvalue weighted by Gasteiger charge is 2.42. The van der Waals surface area contributed by atoms with E-state index in [0.717, 1.165) is 58.0 Å². The van der Waals surface area contributed by atoms with Crippen LogP contribution < -0.4 is 5.32 Å². The van der Waals surface area contributed by atoms with Crippen molar-refractivity contribution in [3.8, 4) is 0 Å². The molecule has 1 unspecified atom stereocenters. The van der Waals surface area contributed by atoms with Gasteiger partial charge in [-0.1, -0.05) is 0 Å². The zero-order chi connectivity index (χ0) is 18.0.